The molecule has 0 aliphatic carbocycles. The molecular formula is C30H65ClGe2. The predicted molar refractivity (Wildman–Crippen MR) is 162 cm³/mol. The van der Waals surface area contributed by atoms with Gasteiger partial charge in [-0.05, 0) is 0 Å². The topological polar surface area (TPSA) is 0 Å². The molecule has 0 saturated heterocycles. The molecule has 0 aliphatic heterocycles. The first-order valence-electron chi connectivity index (χ1n) is 15.7. The molecule has 0 unspecified atom stereocenters. The van der Waals surface area contributed by atoms with E-state index >= 15 is 0 Å². The van der Waals surface area contributed by atoms with Crippen molar-refractivity contribution in [1.29, 1.82) is 0 Å². The van der Waals surface area contributed by atoms with Crippen LogP contribution in [0.2, 0.25) is 26.3 Å². The van der Waals surface area contributed by atoms with E-state index in [4.69, 9.17) is 10.0 Å². The van der Waals surface area contributed by atoms with Crippen molar-refractivity contribution in [2.45, 2.75) is 189 Å². The molecule has 0 bridgehead atoms. The maximum atomic E-state index is 8.23. The van der Waals surface area contributed by atoms with Crippen LogP contribution in [0.5, 0.6) is 0 Å². The first-order chi connectivity index (χ1) is 16.1. The molecule has 0 fully saturated rings. The number of unbranched alkanes of at least 4 members (excludes halogenated alkanes) is 15. The Bertz CT molecular complexity index is 355. The molecule has 0 heterocycles. The zero-order chi connectivity index (χ0) is 24.7. The molecule has 0 aromatic heterocycles. The van der Waals surface area contributed by atoms with Crippen molar-refractivity contribution in [2.24, 2.45) is 0 Å². The van der Waals surface area contributed by atoms with Gasteiger partial charge in [0.2, 0.25) is 0 Å². The fraction of sp³-hybridized carbons (Fsp3) is 1.00. The fourth-order valence-electron chi connectivity index (χ4n) is 6.04. The van der Waals surface area contributed by atoms with Crippen LogP contribution in [-0.4, -0.2) is 21.7 Å². The fourth-order valence-corrected chi connectivity index (χ4v) is 67.3. The molecule has 0 radical (unpaired) electrons. The molecule has 0 aromatic carbocycles. The Hall–Kier alpha value is 1.38. The molecule has 0 nitrogen and oxygen atoms in total. The van der Waals surface area contributed by atoms with Crippen LogP contribution in [0.4, 0.5) is 0 Å². The molecule has 3 heteroatoms. The quantitative estimate of drug-likeness (QED) is 0.0679. The van der Waals surface area contributed by atoms with Gasteiger partial charge in [-0.15, -0.1) is 0 Å². The van der Waals surface area contributed by atoms with Crippen LogP contribution in [0.1, 0.15) is 163 Å². The van der Waals surface area contributed by atoms with E-state index in [0.717, 1.165) is 0 Å². The Kier molecular flexibility index (Phi) is 24.7. The summed E-state index contributed by atoms with van der Waals surface area (Å²) in [4.78, 5) is 0. The van der Waals surface area contributed by atoms with E-state index in [9.17, 15) is 0 Å². The van der Waals surface area contributed by atoms with Crippen molar-refractivity contribution in [1.82, 2.24) is 0 Å². The molecule has 0 aliphatic rings. The van der Waals surface area contributed by atoms with Crippen molar-refractivity contribution in [2.75, 3.05) is 0 Å². The minimum absolute atomic E-state index is 1.36. The van der Waals surface area contributed by atoms with Gasteiger partial charge in [0.15, 0.2) is 0 Å². The third-order valence-electron chi connectivity index (χ3n) is 8.33. The van der Waals surface area contributed by atoms with Gasteiger partial charge < -0.3 is 0 Å². The van der Waals surface area contributed by atoms with Crippen LogP contribution >= 0.6 is 10.0 Å². The van der Waals surface area contributed by atoms with E-state index in [1.165, 1.54) is 139 Å². The third kappa shape index (κ3) is 16.0. The summed E-state index contributed by atoms with van der Waals surface area (Å²) >= 11 is -2.04. The summed E-state index contributed by atoms with van der Waals surface area (Å²) in [6, 6.07) is 0. The van der Waals surface area contributed by atoms with Crippen molar-refractivity contribution in [3.05, 3.63) is 0 Å². The Morgan fingerprint density at radius 2 is 0.576 bits per heavy atom. The summed E-state index contributed by atoms with van der Waals surface area (Å²) in [7, 11) is 5.93. The van der Waals surface area contributed by atoms with E-state index in [2.05, 4.69) is 34.6 Å². The van der Waals surface area contributed by atoms with Crippen molar-refractivity contribution >= 4 is 31.7 Å². The molecule has 0 amide bonds. The zero-order valence-electron chi connectivity index (χ0n) is 24.1. The summed E-state index contributed by atoms with van der Waals surface area (Å²) in [6.45, 7) is 11.8. The van der Waals surface area contributed by atoms with Gasteiger partial charge in [0, 0.05) is 0 Å². The second kappa shape index (κ2) is 23.8. The van der Waals surface area contributed by atoms with Crippen LogP contribution in [0.15, 0.2) is 0 Å². The average molecular weight is 607 g/mol. The van der Waals surface area contributed by atoms with Crippen LogP contribution in [0, 0.1) is 0 Å². The summed E-state index contributed by atoms with van der Waals surface area (Å²) in [5.74, 6) is 0. The average Bonchev–Trinajstić information content (AvgIpc) is 2.82. The molecule has 0 atom stereocenters. The van der Waals surface area contributed by atoms with Gasteiger partial charge in [-0.25, -0.2) is 0 Å². The molecule has 0 spiro atoms. The summed E-state index contributed by atoms with van der Waals surface area (Å²) in [6.07, 6.45) is 28.9. The molecule has 33 heavy (non-hydrogen) atoms. The number of halogens is 1. The van der Waals surface area contributed by atoms with E-state index in [1.54, 1.807) is 15.8 Å². The first-order valence-corrected chi connectivity index (χ1v) is 32.4. The number of hydrogen-bond acceptors (Lipinski definition) is 0. The van der Waals surface area contributed by atoms with Gasteiger partial charge in [-0.1, -0.05) is 0 Å². The van der Waals surface area contributed by atoms with Crippen molar-refractivity contribution < 1.29 is 0 Å². The van der Waals surface area contributed by atoms with E-state index < -0.39 is 21.7 Å². The SMILES string of the molecule is CCCCC[CH2][Ge]([Cl])([CH2]CCCCC)[Ge]([CH2]CCCCC)([CH2]CCCCC)[CH2]CCCCC. The van der Waals surface area contributed by atoms with E-state index in [0.29, 0.717) is 0 Å². The van der Waals surface area contributed by atoms with Crippen molar-refractivity contribution in [3.8, 4) is 0 Å². The summed E-state index contributed by atoms with van der Waals surface area (Å²) < 4.78 is 0. The normalized spacial score (nSPS) is 12.5. The van der Waals surface area contributed by atoms with Crippen LogP contribution < -0.4 is 0 Å². The Morgan fingerprint density at radius 3 is 0.818 bits per heavy atom. The summed E-state index contributed by atoms with van der Waals surface area (Å²) in [5, 5.41) is 8.03. The van der Waals surface area contributed by atoms with Gasteiger partial charge in [0.1, 0.15) is 0 Å². The molecule has 200 valence electrons. The van der Waals surface area contributed by atoms with Crippen LogP contribution in [0.25, 0.3) is 0 Å². The van der Waals surface area contributed by atoms with E-state index in [-0.39, 0.29) is 0 Å². The molecule has 0 saturated carbocycles. The van der Waals surface area contributed by atoms with Gasteiger partial charge >= 0.3 is 221 Å². The summed E-state index contributed by atoms with van der Waals surface area (Å²) in [5.41, 5.74) is 0. The van der Waals surface area contributed by atoms with Crippen molar-refractivity contribution in [3.63, 3.8) is 0 Å². The first kappa shape index (κ1) is 34.4. The molecule has 0 aromatic rings. The molecule has 0 N–H and O–H groups in total. The predicted octanol–water partition coefficient (Wildman–Crippen LogP) is 12.6. The Labute approximate surface area is 219 Å². The molecular weight excluding hydrogens is 541 g/mol. The second-order valence-electron chi connectivity index (χ2n) is 11.3. The Morgan fingerprint density at radius 1 is 0.333 bits per heavy atom. The van der Waals surface area contributed by atoms with Gasteiger partial charge in [0.05, 0.1) is 0 Å². The standard InChI is InChI=1S/C30H65ClGe2/c1-6-11-16-21-26-32(27-22-17-12-7-2,28-23-18-13-8-3)33(31,29-24-19-14-9-4)30-25-20-15-10-5/h6-30H2,1-5H3. The van der Waals surface area contributed by atoms with Gasteiger partial charge in [0.25, 0.3) is 0 Å². The van der Waals surface area contributed by atoms with Crippen LogP contribution in [0.3, 0.4) is 0 Å². The zero-order valence-corrected chi connectivity index (χ0v) is 29.0. The number of rotatable bonds is 26. The second-order valence-corrected chi connectivity index (χ2v) is 55.2. The van der Waals surface area contributed by atoms with E-state index in [1.807, 2.05) is 0 Å². The monoisotopic (exact) mass is 608 g/mol. The maximum absolute atomic E-state index is 8.23. The minimum atomic E-state index is -2.30. The molecule has 0 rings (SSSR count). The van der Waals surface area contributed by atoms with Gasteiger partial charge in [-0.3, -0.25) is 0 Å². The van der Waals surface area contributed by atoms with Crippen LogP contribution in [-0.2, 0) is 0 Å². The van der Waals surface area contributed by atoms with Gasteiger partial charge in [-0.2, -0.15) is 0 Å². The Balaban J connectivity index is 5.72. The third-order valence-corrected chi connectivity index (χ3v) is 72.5. The number of hydrogen-bond donors (Lipinski definition) is 0.